The van der Waals surface area contributed by atoms with Crippen LogP contribution >= 0.6 is 0 Å². The van der Waals surface area contributed by atoms with Crippen molar-refractivity contribution >= 4 is 11.9 Å². The van der Waals surface area contributed by atoms with Crippen molar-refractivity contribution in [2.75, 3.05) is 18.0 Å². The summed E-state index contributed by atoms with van der Waals surface area (Å²) in [6.45, 7) is 4.07. The second-order valence-electron chi connectivity index (χ2n) is 3.62. The molecule has 0 fully saturated rings. The summed E-state index contributed by atoms with van der Waals surface area (Å²) in [6, 6.07) is 3.50. The average Bonchev–Trinajstić information content (AvgIpc) is 2.27. The van der Waals surface area contributed by atoms with Crippen LogP contribution in [0, 0.1) is 18.3 Å². The van der Waals surface area contributed by atoms with Crippen molar-refractivity contribution in [1.82, 2.24) is 9.97 Å². The van der Waals surface area contributed by atoms with Crippen LogP contribution in [-0.4, -0.2) is 34.1 Å². The van der Waals surface area contributed by atoms with E-state index in [1.54, 1.807) is 17.9 Å². The molecule has 1 aromatic rings. The molecule has 90 valence electrons. The summed E-state index contributed by atoms with van der Waals surface area (Å²) in [6.07, 6.45) is 0.784. The van der Waals surface area contributed by atoms with E-state index >= 15 is 0 Å². The Hall–Kier alpha value is -2.16. The Morgan fingerprint density at radius 2 is 2.29 bits per heavy atom. The van der Waals surface area contributed by atoms with Crippen LogP contribution < -0.4 is 4.90 Å². The van der Waals surface area contributed by atoms with E-state index in [2.05, 4.69) is 9.97 Å². The van der Waals surface area contributed by atoms with Crippen LogP contribution in [0.15, 0.2) is 6.07 Å². The van der Waals surface area contributed by atoms with Crippen LogP contribution in [0.1, 0.15) is 24.7 Å². The summed E-state index contributed by atoms with van der Waals surface area (Å²) >= 11 is 0. The lowest BCUT2D eigenvalue weighted by Gasteiger charge is -2.19. The second kappa shape index (κ2) is 5.80. The molecule has 0 bridgehead atoms. The van der Waals surface area contributed by atoms with Gasteiger partial charge >= 0.3 is 5.97 Å². The Bertz CT molecular complexity index is 453. The monoisotopic (exact) mass is 234 g/mol. The predicted molar refractivity (Wildman–Crippen MR) is 61.6 cm³/mol. The van der Waals surface area contributed by atoms with E-state index in [1.807, 2.05) is 13.0 Å². The van der Waals surface area contributed by atoms with E-state index in [-0.39, 0.29) is 12.2 Å². The molecular formula is C11H14N4O2. The van der Waals surface area contributed by atoms with E-state index in [4.69, 9.17) is 10.4 Å². The Balaban J connectivity index is 3.04. The number of nitriles is 1. The number of anilines is 1. The minimum atomic E-state index is -0.943. The Labute approximate surface area is 99.5 Å². The molecule has 0 amide bonds. The van der Waals surface area contributed by atoms with Gasteiger partial charge in [-0.1, -0.05) is 6.92 Å². The van der Waals surface area contributed by atoms with Crippen molar-refractivity contribution in [3.05, 3.63) is 17.5 Å². The molecule has 0 aromatic carbocycles. The number of carboxylic acid groups (broad SMARTS) is 1. The summed E-state index contributed by atoms with van der Waals surface area (Å²) in [5.74, 6) is -0.645. The minimum absolute atomic E-state index is 0.165. The van der Waals surface area contributed by atoms with Gasteiger partial charge in [0.15, 0.2) is 0 Å². The zero-order chi connectivity index (χ0) is 12.8. The number of carbonyl (C=O) groups is 1. The third-order valence-corrected chi connectivity index (χ3v) is 2.06. The highest BCUT2D eigenvalue weighted by molar-refractivity contribution is 5.72. The number of rotatable bonds is 5. The van der Waals surface area contributed by atoms with Gasteiger partial charge in [0.25, 0.3) is 0 Å². The van der Waals surface area contributed by atoms with Crippen molar-refractivity contribution in [3.63, 3.8) is 0 Å². The number of aromatic nitrogens is 2. The number of aliphatic carboxylic acids is 1. The zero-order valence-corrected chi connectivity index (χ0v) is 9.84. The molecule has 0 unspecified atom stereocenters. The first kappa shape index (κ1) is 12.9. The standard InChI is InChI=1S/C11H14N4O2/c1-3-4-15(7-10(16)17)11-13-8(2)5-9(6-12)14-11/h5H,3-4,7H2,1-2H3,(H,16,17). The van der Waals surface area contributed by atoms with Gasteiger partial charge in [-0.3, -0.25) is 4.79 Å². The van der Waals surface area contributed by atoms with Gasteiger partial charge in [0.05, 0.1) is 0 Å². The smallest absolute Gasteiger partial charge is 0.323 e. The molecule has 0 atom stereocenters. The first-order chi connectivity index (χ1) is 8.06. The summed E-state index contributed by atoms with van der Waals surface area (Å²) < 4.78 is 0. The highest BCUT2D eigenvalue weighted by Gasteiger charge is 2.13. The number of nitrogens with zero attached hydrogens (tertiary/aromatic N) is 4. The van der Waals surface area contributed by atoms with E-state index in [0.29, 0.717) is 18.2 Å². The molecule has 6 nitrogen and oxygen atoms in total. The first-order valence-corrected chi connectivity index (χ1v) is 5.29. The average molecular weight is 234 g/mol. The summed E-state index contributed by atoms with van der Waals surface area (Å²) in [5.41, 5.74) is 0.900. The van der Waals surface area contributed by atoms with Gasteiger partial charge in [-0.15, -0.1) is 0 Å². The lowest BCUT2D eigenvalue weighted by Crippen LogP contribution is -2.32. The molecule has 6 heteroatoms. The van der Waals surface area contributed by atoms with Gasteiger partial charge in [0.1, 0.15) is 18.3 Å². The van der Waals surface area contributed by atoms with Crippen molar-refractivity contribution in [1.29, 1.82) is 5.26 Å². The fourth-order valence-electron chi connectivity index (χ4n) is 1.43. The maximum Gasteiger partial charge on any atom is 0.323 e. The van der Waals surface area contributed by atoms with Crippen LogP contribution in [0.4, 0.5) is 5.95 Å². The van der Waals surface area contributed by atoms with Crippen molar-refractivity contribution < 1.29 is 9.90 Å². The topological polar surface area (TPSA) is 90.1 Å². The van der Waals surface area contributed by atoms with Crippen LogP contribution in [0.25, 0.3) is 0 Å². The van der Waals surface area contributed by atoms with Crippen molar-refractivity contribution in [2.24, 2.45) is 0 Å². The first-order valence-electron chi connectivity index (χ1n) is 5.29. The third-order valence-electron chi connectivity index (χ3n) is 2.06. The van der Waals surface area contributed by atoms with Gasteiger partial charge in [-0.05, 0) is 19.4 Å². The molecule has 0 aliphatic rings. The molecule has 0 saturated carbocycles. The van der Waals surface area contributed by atoms with E-state index in [1.165, 1.54) is 0 Å². The van der Waals surface area contributed by atoms with Crippen LogP contribution in [0.2, 0.25) is 0 Å². The number of aryl methyl sites for hydroxylation is 1. The second-order valence-corrected chi connectivity index (χ2v) is 3.62. The lowest BCUT2D eigenvalue weighted by atomic mass is 10.3. The Kier molecular flexibility index (Phi) is 4.40. The zero-order valence-electron chi connectivity index (χ0n) is 9.84. The number of carboxylic acids is 1. The SMILES string of the molecule is CCCN(CC(=O)O)c1nc(C)cc(C#N)n1. The summed E-state index contributed by atoms with van der Waals surface area (Å²) in [4.78, 5) is 20.5. The molecule has 17 heavy (non-hydrogen) atoms. The van der Waals surface area contributed by atoms with Crippen LogP contribution in [0.3, 0.4) is 0 Å². The normalized spacial score (nSPS) is 9.71. The van der Waals surface area contributed by atoms with E-state index in [0.717, 1.165) is 6.42 Å². The van der Waals surface area contributed by atoms with E-state index in [9.17, 15) is 4.79 Å². The highest BCUT2D eigenvalue weighted by Crippen LogP contribution is 2.10. The summed E-state index contributed by atoms with van der Waals surface area (Å²) in [5, 5.41) is 17.6. The maximum absolute atomic E-state index is 10.7. The molecular weight excluding hydrogens is 220 g/mol. The molecule has 0 aliphatic carbocycles. The maximum atomic E-state index is 10.7. The van der Waals surface area contributed by atoms with Gasteiger partial charge in [-0.2, -0.15) is 5.26 Å². The predicted octanol–water partition coefficient (Wildman–Crippen LogP) is 0.958. The number of hydrogen-bond donors (Lipinski definition) is 1. The highest BCUT2D eigenvalue weighted by atomic mass is 16.4. The fourth-order valence-corrected chi connectivity index (χ4v) is 1.43. The molecule has 1 rings (SSSR count). The van der Waals surface area contributed by atoms with Gasteiger partial charge in [0, 0.05) is 12.2 Å². The van der Waals surface area contributed by atoms with Crippen molar-refractivity contribution in [3.8, 4) is 6.07 Å². The molecule has 0 radical (unpaired) electrons. The summed E-state index contributed by atoms with van der Waals surface area (Å²) in [7, 11) is 0. The Morgan fingerprint density at radius 3 is 2.82 bits per heavy atom. The molecule has 1 aromatic heterocycles. The van der Waals surface area contributed by atoms with Crippen LogP contribution in [0.5, 0.6) is 0 Å². The van der Waals surface area contributed by atoms with Crippen molar-refractivity contribution in [2.45, 2.75) is 20.3 Å². The third kappa shape index (κ3) is 3.72. The van der Waals surface area contributed by atoms with Gasteiger partial charge in [0.2, 0.25) is 5.95 Å². The Morgan fingerprint density at radius 1 is 1.59 bits per heavy atom. The molecule has 1 heterocycles. The fraction of sp³-hybridized carbons (Fsp3) is 0.455. The van der Waals surface area contributed by atoms with Crippen LogP contribution in [-0.2, 0) is 4.79 Å². The molecule has 0 aliphatic heterocycles. The quantitative estimate of drug-likeness (QED) is 0.816. The van der Waals surface area contributed by atoms with E-state index < -0.39 is 5.97 Å². The molecule has 0 saturated heterocycles. The largest absolute Gasteiger partial charge is 0.480 e. The molecule has 1 N–H and O–H groups in total. The van der Waals surface area contributed by atoms with Gasteiger partial charge in [-0.25, -0.2) is 9.97 Å². The lowest BCUT2D eigenvalue weighted by molar-refractivity contribution is -0.135. The minimum Gasteiger partial charge on any atom is -0.480 e. The number of hydrogen-bond acceptors (Lipinski definition) is 5. The van der Waals surface area contributed by atoms with Gasteiger partial charge < -0.3 is 10.0 Å². The molecule has 0 spiro atoms.